The van der Waals surface area contributed by atoms with E-state index in [0.29, 0.717) is 5.41 Å². The molecule has 1 atom stereocenters. The van der Waals surface area contributed by atoms with Gasteiger partial charge in [-0.15, -0.1) is 0 Å². The highest BCUT2D eigenvalue weighted by molar-refractivity contribution is 5.94. The number of carbonyl (C=O) groups is 1. The summed E-state index contributed by atoms with van der Waals surface area (Å²) in [5.41, 5.74) is 1.23. The van der Waals surface area contributed by atoms with Gasteiger partial charge in [0.05, 0.1) is 5.69 Å². The maximum absolute atomic E-state index is 12.2. The molecule has 2 N–H and O–H groups in total. The van der Waals surface area contributed by atoms with Crippen LogP contribution in [-0.2, 0) is 11.8 Å². The van der Waals surface area contributed by atoms with Crippen LogP contribution in [0.5, 0.6) is 0 Å². The standard InChI is InChI=1S/C13H20N4O/c1-9-7-11(17(2)16-9)15-12(18)10-8-13(10)3-5-14-6-4-13/h7,10,14H,3-6,8H2,1-2H3,(H,15,18). The zero-order chi connectivity index (χ0) is 12.8. The van der Waals surface area contributed by atoms with E-state index in [1.165, 1.54) is 0 Å². The molecule has 98 valence electrons. The van der Waals surface area contributed by atoms with Crippen LogP contribution >= 0.6 is 0 Å². The topological polar surface area (TPSA) is 59.0 Å². The SMILES string of the molecule is Cc1cc(NC(=O)C2CC23CCNCC3)n(C)n1. The fourth-order valence-corrected chi connectivity index (χ4v) is 3.14. The van der Waals surface area contributed by atoms with Crippen molar-refractivity contribution in [3.8, 4) is 0 Å². The first-order chi connectivity index (χ1) is 8.61. The molecular formula is C13H20N4O. The Hall–Kier alpha value is -1.36. The van der Waals surface area contributed by atoms with Crippen molar-refractivity contribution in [3.63, 3.8) is 0 Å². The van der Waals surface area contributed by atoms with Crippen LogP contribution in [0, 0.1) is 18.3 Å². The molecule has 1 aromatic rings. The Morgan fingerprint density at radius 1 is 1.56 bits per heavy atom. The monoisotopic (exact) mass is 248 g/mol. The lowest BCUT2D eigenvalue weighted by Crippen LogP contribution is -2.31. The zero-order valence-electron chi connectivity index (χ0n) is 11.0. The Labute approximate surface area is 107 Å². The van der Waals surface area contributed by atoms with Crippen LogP contribution in [0.25, 0.3) is 0 Å². The van der Waals surface area contributed by atoms with Crippen LogP contribution in [-0.4, -0.2) is 28.8 Å². The molecule has 5 heteroatoms. The molecule has 2 heterocycles. The van der Waals surface area contributed by atoms with Crippen LogP contribution in [0.4, 0.5) is 5.82 Å². The minimum absolute atomic E-state index is 0.167. The van der Waals surface area contributed by atoms with E-state index in [0.717, 1.165) is 43.9 Å². The third kappa shape index (κ3) is 1.92. The number of piperidine rings is 1. The highest BCUT2D eigenvalue weighted by Crippen LogP contribution is 2.58. The third-order valence-corrected chi connectivity index (χ3v) is 4.36. The number of aromatic nitrogens is 2. The molecule has 0 radical (unpaired) electrons. The maximum atomic E-state index is 12.2. The average Bonchev–Trinajstić information content (AvgIpc) is 2.93. The van der Waals surface area contributed by atoms with Crippen molar-refractivity contribution < 1.29 is 4.79 Å². The van der Waals surface area contributed by atoms with Gasteiger partial charge in [0.1, 0.15) is 5.82 Å². The summed E-state index contributed by atoms with van der Waals surface area (Å²) in [5.74, 6) is 1.17. The number of rotatable bonds is 2. The summed E-state index contributed by atoms with van der Waals surface area (Å²) in [5, 5.41) is 10.6. The van der Waals surface area contributed by atoms with Gasteiger partial charge in [0, 0.05) is 19.0 Å². The summed E-state index contributed by atoms with van der Waals surface area (Å²) >= 11 is 0. The molecule has 0 bridgehead atoms. The summed E-state index contributed by atoms with van der Waals surface area (Å²) in [6.45, 7) is 4.03. The van der Waals surface area contributed by atoms with Crippen molar-refractivity contribution in [2.75, 3.05) is 18.4 Å². The van der Waals surface area contributed by atoms with Gasteiger partial charge in [-0.25, -0.2) is 0 Å². The van der Waals surface area contributed by atoms with Crippen LogP contribution < -0.4 is 10.6 Å². The Bertz CT molecular complexity index is 473. The molecule has 1 aliphatic heterocycles. The van der Waals surface area contributed by atoms with Gasteiger partial charge in [0.15, 0.2) is 0 Å². The second kappa shape index (κ2) is 4.09. The smallest absolute Gasteiger partial charge is 0.229 e. The van der Waals surface area contributed by atoms with E-state index in [-0.39, 0.29) is 11.8 Å². The van der Waals surface area contributed by atoms with Crippen molar-refractivity contribution >= 4 is 11.7 Å². The predicted octanol–water partition coefficient (Wildman–Crippen LogP) is 1.06. The largest absolute Gasteiger partial charge is 0.317 e. The van der Waals surface area contributed by atoms with Gasteiger partial charge >= 0.3 is 0 Å². The van der Waals surface area contributed by atoms with Crippen molar-refractivity contribution in [1.29, 1.82) is 0 Å². The fraction of sp³-hybridized carbons (Fsp3) is 0.692. The molecule has 5 nitrogen and oxygen atoms in total. The van der Waals surface area contributed by atoms with Gasteiger partial charge in [-0.3, -0.25) is 9.48 Å². The summed E-state index contributed by atoms with van der Waals surface area (Å²) in [4.78, 5) is 12.2. The van der Waals surface area contributed by atoms with E-state index < -0.39 is 0 Å². The fourth-order valence-electron chi connectivity index (χ4n) is 3.14. The van der Waals surface area contributed by atoms with Gasteiger partial charge in [0.25, 0.3) is 0 Å². The molecule has 1 aliphatic carbocycles. The van der Waals surface area contributed by atoms with E-state index >= 15 is 0 Å². The lowest BCUT2D eigenvalue weighted by atomic mass is 9.92. The lowest BCUT2D eigenvalue weighted by molar-refractivity contribution is -0.118. The highest BCUT2D eigenvalue weighted by atomic mass is 16.2. The molecule has 1 aromatic heterocycles. The molecule has 1 spiro atoms. The van der Waals surface area contributed by atoms with Gasteiger partial charge < -0.3 is 10.6 Å². The molecule has 1 saturated heterocycles. The predicted molar refractivity (Wildman–Crippen MR) is 69.2 cm³/mol. The third-order valence-electron chi connectivity index (χ3n) is 4.36. The quantitative estimate of drug-likeness (QED) is 0.822. The second-order valence-corrected chi connectivity index (χ2v) is 5.65. The Balaban J connectivity index is 1.65. The van der Waals surface area contributed by atoms with Crippen LogP contribution in [0.15, 0.2) is 6.07 Å². The summed E-state index contributed by atoms with van der Waals surface area (Å²) in [6.07, 6.45) is 3.32. The molecule has 3 rings (SSSR count). The summed E-state index contributed by atoms with van der Waals surface area (Å²) in [6, 6.07) is 1.91. The number of aryl methyl sites for hydroxylation is 2. The summed E-state index contributed by atoms with van der Waals surface area (Å²) in [7, 11) is 1.86. The Kier molecular flexibility index (Phi) is 2.66. The number of nitrogens with one attached hydrogen (secondary N) is 2. The van der Waals surface area contributed by atoms with E-state index in [1.807, 2.05) is 20.0 Å². The summed E-state index contributed by atoms with van der Waals surface area (Å²) < 4.78 is 1.73. The van der Waals surface area contributed by atoms with Crippen molar-refractivity contribution in [2.24, 2.45) is 18.4 Å². The van der Waals surface area contributed by atoms with Crippen molar-refractivity contribution in [3.05, 3.63) is 11.8 Å². The number of anilines is 1. The van der Waals surface area contributed by atoms with Crippen molar-refractivity contribution in [1.82, 2.24) is 15.1 Å². The first kappa shape index (κ1) is 11.7. The van der Waals surface area contributed by atoms with Crippen LogP contribution in [0.3, 0.4) is 0 Å². The molecule has 1 amide bonds. The average molecular weight is 248 g/mol. The van der Waals surface area contributed by atoms with Gasteiger partial charge in [-0.1, -0.05) is 0 Å². The van der Waals surface area contributed by atoms with Crippen LogP contribution in [0.2, 0.25) is 0 Å². The number of amides is 1. The maximum Gasteiger partial charge on any atom is 0.229 e. The molecule has 1 saturated carbocycles. The van der Waals surface area contributed by atoms with Gasteiger partial charge in [-0.05, 0) is 44.7 Å². The normalized spacial score (nSPS) is 25.1. The second-order valence-electron chi connectivity index (χ2n) is 5.65. The minimum atomic E-state index is 0.167. The van der Waals surface area contributed by atoms with E-state index in [2.05, 4.69) is 15.7 Å². The van der Waals surface area contributed by atoms with Crippen LogP contribution in [0.1, 0.15) is 25.0 Å². The zero-order valence-corrected chi connectivity index (χ0v) is 11.0. The molecule has 2 fully saturated rings. The molecule has 0 aromatic carbocycles. The van der Waals surface area contributed by atoms with E-state index in [1.54, 1.807) is 4.68 Å². The van der Waals surface area contributed by atoms with Gasteiger partial charge in [0.2, 0.25) is 5.91 Å². The number of hydrogen-bond acceptors (Lipinski definition) is 3. The van der Waals surface area contributed by atoms with Crippen molar-refractivity contribution in [2.45, 2.75) is 26.2 Å². The number of nitrogens with zero attached hydrogens (tertiary/aromatic N) is 2. The molecule has 18 heavy (non-hydrogen) atoms. The molecule has 2 aliphatic rings. The van der Waals surface area contributed by atoms with Gasteiger partial charge in [-0.2, -0.15) is 5.10 Å². The number of hydrogen-bond donors (Lipinski definition) is 2. The Morgan fingerprint density at radius 2 is 2.28 bits per heavy atom. The lowest BCUT2D eigenvalue weighted by Gasteiger charge is -2.23. The molecule has 1 unspecified atom stereocenters. The van der Waals surface area contributed by atoms with E-state index in [9.17, 15) is 4.79 Å². The molecular weight excluding hydrogens is 228 g/mol. The first-order valence-electron chi connectivity index (χ1n) is 6.63. The minimum Gasteiger partial charge on any atom is -0.317 e. The highest BCUT2D eigenvalue weighted by Gasteiger charge is 2.57. The first-order valence-corrected chi connectivity index (χ1v) is 6.63. The van der Waals surface area contributed by atoms with E-state index in [4.69, 9.17) is 0 Å². The number of carbonyl (C=O) groups excluding carboxylic acids is 1. The Morgan fingerprint density at radius 3 is 2.89 bits per heavy atom.